The van der Waals surface area contributed by atoms with Crippen LogP contribution in [0.5, 0.6) is 5.75 Å². The second kappa shape index (κ2) is 10.1. The van der Waals surface area contributed by atoms with Crippen molar-refractivity contribution in [3.05, 3.63) is 41.6 Å². The molecule has 28 heavy (non-hydrogen) atoms. The first kappa shape index (κ1) is 20.9. The highest BCUT2D eigenvalue weighted by Crippen LogP contribution is 2.31. The van der Waals surface area contributed by atoms with Crippen molar-refractivity contribution < 1.29 is 9.47 Å². The van der Waals surface area contributed by atoms with Crippen molar-refractivity contribution in [2.75, 3.05) is 25.1 Å². The number of hydrogen-bond donors (Lipinski definition) is 1. The van der Waals surface area contributed by atoms with Gasteiger partial charge in [-0.3, -0.25) is 0 Å². The van der Waals surface area contributed by atoms with E-state index in [9.17, 15) is 0 Å². The second-order valence-electron chi connectivity index (χ2n) is 8.18. The van der Waals surface area contributed by atoms with Gasteiger partial charge in [-0.2, -0.15) is 0 Å². The Morgan fingerprint density at radius 2 is 2.04 bits per heavy atom. The van der Waals surface area contributed by atoms with Crippen molar-refractivity contribution in [2.24, 2.45) is 11.8 Å². The van der Waals surface area contributed by atoms with E-state index < -0.39 is 0 Å². The van der Waals surface area contributed by atoms with E-state index in [1.54, 1.807) is 0 Å². The molecule has 1 aliphatic rings. The number of nitrogens with one attached hydrogen (secondary N) is 1. The lowest BCUT2D eigenvalue weighted by molar-refractivity contribution is 0.0875. The van der Waals surface area contributed by atoms with E-state index in [1.807, 2.05) is 24.4 Å². The van der Waals surface area contributed by atoms with Crippen molar-refractivity contribution in [1.82, 2.24) is 4.98 Å². The van der Waals surface area contributed by atoms with Crippen LogP contribution >= 0.6 is 11.6 Å². The highest BCUT2D eigenvalue weighted by Gasteiger charge is 2.14. The van der Waals surface area contributed by atoms with Gasteiger partial charge < -0.3 is 14.8 Å². The molecule has 0 amide bonds. The highest BCUT2D eigenvalue weighted by molar-refractivity contribution is 6.32. The normalized spacial score (nSPS) is 18.1. The van der Waals surface area contributed by atoms with Gasteiger partial charge in [0, 0.05) is 12.8 Å². The zero-order valence-corrected chi connectivity index (χ0v) is 17.8. The average molecular weight is 403 g/mol. The molecule has 2 heterocycles. The van der Waals surface area contributed by atoms with Gasteiger partial charge in [-0.05, 0) is 66.5 Å². The minimum Gasteiger partial charge on any atom is -0.492 e. The van der Waals surface area contributed by atoms with Crippen LogP contribution in [0.1, 0.15) is 40.0 Å². The van der Waals surface area contributed by atoms with Crippen LogP contribution in [0, 0.1) is 11.8 Å². The predicted molar refractivity (Wildman–Crippen MR) is 116 cm³/mol. The number of pyridine rings is 1. The summed E-state index contributed by atoms with van der Waals surface area (Å²) >= 11 is 6.49. The van der Waals surface area contributed by atoms with E-state index in [4.69, 9.17) is 21.1 Å². The van der Waals surface area contributed by atoms with Gasteiger partial charge in [-0.15, -0.1) is 0 Å². The maximum absolute atomic E-state index is 6.49. The lowest BCUT2D eigenvalue weighted by atomic mass is 10.00. The molecule has 0 aliphatic carbocycles. The first-order valence-corrected chi connectivity index (χ1v) is 10.6. The molecule has 5 heteroatoms. The van der Waals surface area contributed by atoms with Crippen LogP contribution in [0.4, 0.5) is 5.82 Å². The van der Waals surface area contributed by atoms with E-state index in [1.165, 1.54) is 0 Å². The summed E-state index contributed by atoms with van der Waals surface area (Å²) in [4.78, 5) is 4.45. The van der Waals surface area contributed by atoms with Gasteiger partial charge in [0.05, 0.1) is 24.3 Å². The van der Waals surface area contributed by atoms with Gasteiger partial charge in [0.1, 0.15) is 11.6 Å². The van der Waals surface area contributed by atoms with Crippen molar-refractivity contribution in [2.45, 2.75) is 46.1 Å². The number of ether oxygens (including phenoxy) is 2. The number of benzene rings is 1. The molecule has 0 spiro atoms. The molecule has 1 saturated heterocycles. The van der Waals surface area contributed by atoms with Crippen molar-refractivity contribution in [3.8, 4) is 16.9 Å². The largest absolute Gasteiger partial charge is 0.492 e. The van der Waals surface area contributed by atoms with Crippen LogP contribution in [0.3, 0.4) is 0 Å². The third-order valence-corrected chi connectivity index (χ3v) is 5.23. The summed E-state index contributed by atoms with van der Waals surface area (Å²) in [7, 11) is 0. The summed E-state index contributed by atoms with van der Waals surface area (Å²) in [5.41, 5.74) is 2.13. The zero-order valence-electron chi connectivity index (χ0n) is 17.1. The van der Waals surface area contributed by atoms with Crippen LogP contribution in [-0.4, -0.2) is 30.8 Å². The fourth-order valence-corrected chi connectivity index (χ4v) is 3.89. The molecule has 2 aromatic rings. The maximum atomic E-state index is 6.49. The molecular formula is C23H31ClN2O2. The molecule has 152 valence electrons. The van der Waals surface area contributed by atoms with E-state index in [0.29, 0.717) is 29.5 Å². The molecule has 1 fully saturated rings. The molecule has 3 rings (SSSR count). The van der Waals surface area contributed by atoms with Crippen LogP contribution in [0.15, 0.2) is 36.5 Å². The van der Waals surface area contributed by atoms with Crippen LogP contribution < -0.4 is 10.1 Å². The zero-order chi connectivity index (χ0) is 19.9. The number of anilines is 1. The van der Waals surface area contributed by atoms with Crippen molar-refractivity contribution >= 4 is 17.4 Å². The van der Waals surface area contributed by atoms with Gasteiger partial charge in [-0.25, -0.2) is 4.98 Å². The minimum absolute atomic E-state index is 0.323. The molecule has 4 nitrogen and oxygen atoms in total. The molecule has 1 aromatic heterocycles. The first-order valence-electron chi connectivity index (χ1n) is 10.2. The Hall–Kier alpha value is -1.78. The fraction of sp³-hybridized carbons (Fsp3) is 0.522. The van der Waals surface area contributed by atoms with E-state index >= 15 is 0 Å². The van der Waals surface area contributed by atoms with E-state index in [-0.39, 0.29) is 0 Å². The average Bonchev–Trinajstić information content (AvgIpc) is 2.67. The van der Waals surface area contributed by atoms with Crippen molar-refractivity contribution in [3.63, 3.8) is 0 Å². The van der Waals surface area contributed by atoms with Gasteiger partial charge in [0.2, 0.25) is 0 Å². The molecule has 2 atom stereocenters. The molecule has 1 aromatic carbocycles. The fourth-order valence-electron chi connectivity index (χ4n) is 3.66. The smallest absolute Gasteiger partial charge is 0.137 e. The Morgan fingerprint density at radius 3 is 2.75 bits per heavy atom. The quantitative estimate of drug-likeness (QED) is 0.583. The summed E-state index contributed by atoms with van der Waals surface area (Å²) < 4.78 is 11.5. The molecule has 0 bridgehead atoms. The number of aromatic nitrogens is 1. The van der Waals surface area contributed by atoms with Gasteiger partial charge >= 0.3 is 0 Å². The maximum Gasteiger partial charge on any atom is 0.137 e. The molecule has 1 unspecified atom stereocenters. The lowest BCUT2D eigenvalue weighted by Crippen LogP contribution is -2.30. The van der Waals surface area contributed by atoms with Crippen LogP contribution in [0.2, 0.25) is 5.02 Å². The number of halogens is 1. The summed E-state index contributed by atoms with van der Waals surface area (Å²) in [5.74, 6) is 2.79. The van der Waals surface area contributed by atoms with Gasteiger partial charge in [0.15, 0.2) is 0 Å². The summed E-state index contributed by atoms with van der Waals surface area (Å²) in [5, 5.41) is 4.11. The summed E-state index contributed by atoms with van der Waals surface area (Å²) in [6.07, 6.45) is 5.17. The SMILES string of the molecule is CC(C)C[C@@H](C)COc1ccc(-c2ccnc(NC3CCCOC3)c2)cc1Cl. The summed E-state index contributed by atoms with van der Waals surface area (Å²) in [6.45, 7) is 8.96. The topological polar surface area (TPSA) is 43.4 Å². The first-order chi connectivity index (χ1) is 13.5. The molecule has 0 saturated carbocycles. The Labute approximate surface area is 173 Å². The number of rotatable bonds is 8. The van der Waals surface area contributed by atoms with E-state index in [2.05, 4.69) is 43.2 Å². The highest BCUT2D eigenvalue weighted by atomic mass is 35.5. The van der Waals surface area contributed by atoms with Gasteiger partial charge in [-0.1, -0.05) is 38.4 Å². The van der Waals surface area contributed by atoms with Crippen LogP contribution in [0.25, 0.3) is 11.1 Å². The summed E-state index contributed by atoms with van der Waals surface area (Å²) in [6, 6.07) is 10.4. The van der Waals surface area contributed by atoms with Gasteiger partial charge in [0.25, 0.3) is 0 Å². The lowest BCUT2D eigenvalue weighted by Gasteiger charge is -2.23. The Kier molecular flexibility index (Phi) is 7.57. The standard InChI is InChI=1S/C23H31ClN2O2/c1-16(2)11-17(3)14-28-22-7-6-18(12-21(22)24)19-8-9-25-23(13-19)26-20-5-4-10-27-15-20/h6-9,12-13,16-17,20H,4-5,10-11,14-15H2,1-3H3,(H,25,26)/t17-,20?/m1/s1. The van der Waals surface area contributed by atoms with Crippen LogP contribution in [-0.2, 0) is 4.74 Å². The van der Waals surface area contributed by atoms with Crippen molar-refractivity contribution in [1.29, 1.82) is 0 Å². The Bertz CT molecular complexity index is 760. The Morgan fingerprint density at radius 1 is 1.21 bits per heavy atom. The molecule has 0 radical (unpaired) electrons. The molecule has 1 aliphatic heterocycles. The third-order valence-electron chi connectivity index (χ3n) is 4.93. The number of hydrogen-bond acceptors (Lipinski definition) is 4. The monoisotopic (exact) mass is 402 g/mol. The third kappa shape index (κ3) is 6.11. The second-order valence-corrected chi connectivity index (χ2v) is 8.59. The molecule has 1 N–H and O–H groups in total. The molecular weight excluding hydrogens is 372 g/mol. The van der Waals surface area contributed by atoms with E-state index in [0.717, 1.165) is 55.2 Å². The minimum atomic E-state index is 0.323. The predicted octanol–water partition coefficient (Wildman–Crippen LogP) is 6.05. The Balaban J connectivity index is 1.65. The number of nitrogens with zero attached hydrogens (tertiary/aromatic N) is 1.